The molecule has 3 atom stereocenters. The van der Waals surface area contributed by atoms with Crippen LogP contribution in [-0.4, -0.2) is 81.1 Å². The minimum atomic E-state index is -4.56. The molecule has 0 fully saturated rings. The normalized spacial score (nSPS) is 13.8. The van der Waals surface area contributed by atoms with Gasteiger partial charge in [0.2, 0.25) is 11.8 Å². The minimum absolute atomic E-state index is 0.0178. The number of rotatable bonds is 19. The third-order valence-corrected chi connectivity index (χ3v) is 13.8. The van der Waals surface area contributed by atoms with E-state index in [-0.39, 0.29) is 30.1 Å². The first-order chi connectivity index (χ1) is 34.4. The standard InChI is InChI=1S/C51H53FN8O10S2/c1-59(39-20-22-40(69-3)23-21-39)48(61)45(28-33-12-7-5-8-13-33)53-50(63)58-72(67,68)56-38-19-26-42-35(30-38)18-25-43(42)44-32-41(70-4)24-27-47(44)60(2)49(62)46(29-34-14-9-6-10-15-34)54-51(64)57-71(65,66)55-37-17-11-16-36(52)31-37/h5-17,19-24,26-27,30-32,43,45-46,55-56H,18,25,28-29H2,1-4H3,(H2,53,58,63)(H2,54,57,64)/t43?,45-,46?/m0/s1. The molecule has 0 saturated heterocycles. The monoisotopic (exact) mass is 1020 g/mol. The molecule has 0 bridgehead atoms. The van der Waals surface area contributed by atoms with Crippen molar-refractivity contribution in [3.63, 3.8) is 0 Å². The molecule has 1 aliphatic carbocycles. The average Bonchev–Trinajstić information content (AvgIpc) is 3.78. The molecule has 18 nitrogen and oxygen atoms in total. The van der Waals surface area contributed by atoms with Crippen LogP contribution in [0.25, 0.3) is 0 Å². The van der Waals surface area contributed by atoms with E-state index < -0.39 is 62.2 Å². The maximum absolute atomic E-state index is 14.5. The number of benzene rings is 6. The number of methoxy groups -OCH3 is 2. The number of hydrogen-bond acceptors (Lipinski definition) is 10. The molecule has 6 N–H and O–H groups in total. The van der Waals surface area contributed by atoms with E-state index in [1.807, 2.05) is 15.5 Å². The van der Waals surface area contributed by atoms with E-state index in [1.54, 1.807) is 122 Å². The van der Waals surface area contributed by atoms with Crippen molar-refractivity contribution in [2.75, 3.05) is 47.6 Å². The largest absolute Gasteiger partial charge is 0.497 e. The molecule has 0 aliphatic heterocycles. The summed E-state index contributed by atoms with van der Waals surface area (Å²) >= 11 is 0. The van der Waals surface area contributed by atoms with Crippen LogP contribution in [0.1, 0.15) is 40.2 Å². The van der Waals surface area contributed by atoms with Crippen LogP contribution in [0.15, 0.2) is 146 Å². The Morgan fingerprint density at radius 1 is 0.597 bits per heavy atom. The zero-order valence-corrected chi connectivity index (χ0v) is 41.2. The molecule has 0 aromatic heterocycles. The van der Waals surface area contributed by atoms with E-state index >= 15 is 0 Å². The number of nitrogens with zero attached hydrogens (tertiary/aromatic N) is 2. The Hall–Kier alpha value is -8.17. The van der Waals surface area contributed by atoms with Gasteiger partial charge in [0.15, 0.2) is 0 Å². The van der Waals surface area contributed by atoms with E-state index in [4.69, 9.17) is 9.47 Å². The molecule has 0 spiro atoms. The van der Waals surface area contributed by atoms with Gasteiger partial charge in [0.25, 0.3) is 0 Å². The lowest BCUT2D eigenvalue weighted by Crippen LogP contribution is -2.53. The van der Waals surface area contributed by atoms with Gasteiger partial charge in [-0.3, -0.25) is 19.0 Å². The van der Waals surface area contributed by atoms with Crippen molar-refractivity contribution in [2.24, 2.45) is 0 Å². The van der Waals surface area contributed by atoms with Crippen LogP contribution in [0.5, 0.6) is 11.5 Å². The van der Waals surface area contributed by atoms with Crippen molar-refractivity contribution in [1.29, 1.82) is 0 Å². The van der Waals surface area contributed by atoms with Crippen LogP contribution in [0.2, 0.25) is 0 Å². The smallest absolute Gasteiger partial charge is 0.330 e. The van der Waals surface area contributed by atoms with Gasteiger partial charge in [0.1, 0.15) is 29.4 Å². The molecule has 376 valence electrons. The molecule has 6 aromatic carbocycles. The molecule has 6 aromatic rings. The van der Waals surface area contributed by atoms with E-state index in [9.17, 15) is 40.4 Å². The number of urea groups is 2. The Morgan fingerprint density at radius 3 is 1.67 bits per heavy atom. The Morgan fingerprint density at radius 2 is 1.12 bits per heavy atom. The van der Waals surface area contributed by atoms with E-state index in [2.05, 4.69) is 20.1 Å². The van der Waals surface area contributed by atoms with Gasteiger partial charge in [-0.05, 0) is 113 Å². The van der Waals surface area contributed by atoms with E-state index in [1.165, 1.54) is 43.2 Å². The number of fused-ring (bicyclic) bond motifs is 1. The molecule has 0 radical (unpaired) electrons. The van der Waals surface area contributed by atoms with Crippen LogP contribution < -0.4 is 48.8 Å². The van der Waals surface area contributed by atoms with Crippen molar-refractivity contribution >= 4 is 67.0 Å². The number of carbonyl (C=O) groups excluding carboxylic acids is 4. The first kappa shape index (κ1) is 51.7. The third kappa shape index (κ3) is 13.4. The van der Waals surface area contributed by atoms with Gasteiger partial charge in [-0.2, -0.15) is 16.8 Å². The topological polar surface area (TPSA) is 234 Å². The van der Waals surface area contributed by atoms with Crippen LogP contribution in [0.3, 0.4) is 0 Å². The molecule has 0 heterocycles. The summed E-state index contributed by atoms with van der Waals surface area (Å²) in [6.45, 7) is 0. The summed E-state index contributed by atoms with van der Waals surface area (Å²) in [6.07, 6.45) is 1.09. The van der Waals surface area contributed by atoms with Gasteiger partial charge in [0, 0.05) is 44.2 Å². The highest BCUT2D eigenvalue weighted by molar-refractivity contribution is 7.91. The molecule has 21 heteroatoms. The molecule has 6 amide bonds. The second-order valence-corrected chi connectivity index (χ2v) is 19.6. The average molecular weight is 1020 g/mol. The van der Waals surface area contributed by atoms with Gasteiger partial charge < -0.3 is 29.9 Å². The Balaban J connectivity index is 1.06. The van der Waals surface area contributed by atoms with Crippen LogP contribution in [-0.2, 0) is 49.3 Å². The number of likely N-dealkylation sites (N-methyl/N-ethyl adjacent to an activating group) is 2. The highest BCUT2D eigenvalue weighted by atomic mass is 32.2. The lowest BCUT2D eigenvalue weighted by molar-refractivity contribution is -0.120. The third-order valence-electron chi connectivity index (χ3n) is 11.9. The summed E-state index contributed by atoms with van der Waals surface area (Å²) in [5, 5.41) is 5.04. The zero-order chi connectivity index (χ0) is 51.6. The van der Waals surface area contributed by atoms with Crippen LogP contribution in [0, 0.1) is 5.82 Å². The summed E-state index contributed by atoms with van der Waals surface area (Å²) in [5.41, 5.74) is 4.71. The maximum Gasteiger partial charge on any atom is 0.330 e. The predicted molar refractivity (Wildman–Crippen MR) is 272 cm³/mol. The first-order valence-corrected chi connectivity index (χ1v) is 25.4. The fourth-order valence-electron chi connectivity index (χ4n) is 8.40. The van der Waals surface area contributed by atoms with Gasteiger partial charge in [-0.15, -0.1) is 0 Å². The first-order valence-electron chi connectivity index (χ1n) is 22.5. The minimum Gasteiger partial charge on any atom is -0.497 e. The molecular weight excluding hydrogens is 968 g/mol. The molecule has 72 heavy (non-hydrogen) atoms. The molecule has 1 aliphatic rings. The maximum atomic E-state index is 14.5. The van der Waals surface area contributed by atoms with E-state index in [0.29, 0.717) is 46.8 Å². The zero-order valence-electron chi connectivity index (χ0n) is 39.6. The number of ether oxygens (including phenoxy) is 2. The molecular formula is C51H53FN8O10S2. The summed E-state index contributed by atoms with van der Waals surface area (Å²) in [5.74, 6) is -1.03. The van der Waals surface area contributed by atoms with Crippen molar-refractivity contribution in [3.05, 3.63) is 179 Å². The van der Waals surface area contributed by atoms with Crippen molar-refractivity contribution in [1.82, 2.24) is 20.1 Å². The second kappa shape index (κ2) is 22.7. The molecule has 0 saturated carbocycles. The summed E-state index contributed by atoms with van der Waals surface area (Å²) in [7, 11) is -3.00. The lowest BCUT2D eigenvalue weighted by Gasteiger charge is -2.28. The number of aryl methyl sites for hydroxylation is 1. The van der Waals surface area contributed by atoms with Crippen LogP contribution >= 0.6 is 0 Å². The molecule has 2 unspecified atom stereocenters. The predicted octanol–water partition coefficient (Wildman–Crippen LogP) is 6.38. The van der Waals surface area contributed by atoms with Crippen molar-refractivity contribution < 1.29 is 49.9 Å². The summed E-state index contributed by atoms with van der Waals surface area (Å²) in [6, 6.07) is 34.5. The number of hydrogen-bond donors (Lipinski definition) is 6. The number of halogens is 1. The summed E-state index contributed by atoms with van der Waals surface area (Å²) in [4.78, 5) is 57.7. The second-order valence-electron chi connectivity index (χ2n) is 16.8. The highest BCUT2D eigenvalue weighted by Crippen LogP contribution is 2.44. The van der Waals surface area contributed by atoms with Gasteiger partial charge in [0.05, 0.1) is 25.6 Å². The van der Waals surface area contributed by atoms with E-state index in [0.717, 1.165) is 28.8 Å². The molecule has 7 rings (SSSR count). The van der Waals surface area contributed by atoms with Crippen molar-refractivity contribution in [3.8, 4) is 11.5 Å². The SMILES string of the molecule is COc1ccc(N(C)C(=O)[C@H](Cc2ccccc2)NC(=O)NS(=O)(=O)Nc2ccc3c(c2)CCC3c2cc(OC)ccc2N(C)C(=O)C(Cc2ccccc2)NC(=O)NS(=O)(=O)Nc2cccc(F)c2)cc1. The van der Waals surface area contributed by atoms with Crippen molar-refractivity contribution in [2.45, 2.75) is 43.7 Å². The van der Waals surface area contributed by atoms with Gasteiger partial charge in [-0.1, -0.05) is 72.8 Å². The summed E-state index contributed by atoms with van der Waals surface area (Å²) < 4.78 is 85.5. The Labute approximate surface area is 417 Å². The fourth-order valence-corrected chi connectivity index (χ4v) is 9.98. The lowest BCUT2D eigenvalue weighted by atomic mass is 9.90. The quantitative estimate of drug-likeness (QED) is 0.0524. The fraction of sp³-hybridized carbons (Fsp3) is 0.216. The number of nitrogens with one attached hydrogen (secondary N) is 6. The number of amides is 6. The van der Waals surface area contributed by atoms with Crippen LogP contribution in [0.4, 0.5) is 36.7 Å². The van der Waals surface area contributed by atoms with Gasteiger partial charge in [-0.25, -0.2) is 23.4 Å². The Bertz CT molecular complexity index is 3150. The number of carbonyl (C=O) groups is 4. The van der Waals surface area contributed by atoms with Gasteiger partial charge >= 0.3 is 32.5 Å². The number of anilines is 4. The Kier molecular flexibility index (Phi) is 16.3. The highest BCUT2D eigenvalue weighted by Gasteiger charge is 2.33.